The number of alkyl halides is 3. The molecule has 1 saturated carbocycles. The van der Waals surface area contributed by atoms with E-state index in [4.69, 9.17) is 32.7 Å². The van der Waals surface area contributed by atoms with Crippen LogP contribution < -0.4 is 0 Å². The van der Waals surface area contributed by atoms with E-state index in [0.717, 1.165) is 24.1 Å². The van der Waals surface area contributed by atoms with E-state index in [-0.39, 0.29) is 28.1 Å². The van der Waals surface area contributed by atoms with Gasteiger partial charge in [-0.25, -0.2) is 0 Å². The molecule has 0 aromatic heterocycles. The predicted octanol–water partition coefficient (Wildman–Crippen LogP) is 5.48. The summed E-state index contributed by atoms with van der Waals surface area (Å²) in [5.74, 6) is -4.67. The Morgan fingerprint density at radius 3 is 2.45 bits per heavy atom. The van der Waals surface area contributed by atoms with Crippen molar-refractivity contribution >= 4 is 50.7 Å². The minimum absolute atomic E-state index is 0.0498. The Morgan fingerprint density at radius 1 is 1.18 bits per heavy atom. The summed E-state index contributed by atoms with van der Waals surface area (Å²) in [6.07, 6.45) is 0.668. The highest BCUT2D eigenvalue weighted by atomic mass is 79.9. The number of phenols is 2. The molecule has 180 valence electrons. The molecule has 1 aromatic carbocycles. The lowest BCUT2D eigenvalue weighted by Gasteiger charge is -2.58. The molecular weight excluding hydrogens is 535 g/mol. The summed E-state index contributed by atoms with van der Waals surface area (Å²) in [4.78, 5) is 25.9. The Kier molecular flexibility index (Phi) is 5.82. The van der Waals surface area contributed by atoms with E-state index in [1.807, 2.05) is 13.8 Å². The standard InChI is InChI=1S/C24H27BrCl2O6/c1-11-6-7-15(25)21(2,3)20(11)32-24-18(30)13-8-12(28)9-14(29)17(13)19(31)23(24,27)10-16(26)22(4,5)33-24/h8-9,15-16,20,28-29H,1,6-7,10H2,2-5H3/t15-,16+,20+,23-,24-/m0/s1. The van der Waals surface area contributed by atoms with Crippen LogP contribution in [0.3, 0.4) is 0 Å². The van der Waals surface area contributed by atoms with E-state index in [0.29, 0.717) is 6.42 Å². The average molecular weight is 562 g/mol. The summed E-state index contributed by atoms with van der Waals surface area (Å²) in [5, 5.41) is 19.8. The molecule has 6 nitrogen and oxygen atoms in total. The highest BCUT2D eigenvalue weighted by Gasteiger charge is 2.73. The van der Waals surface area contributed by atoms with Crippen molar-refractivity contribution in [1.29, 1.82) is 0 Å². The van der Waals surface area contributed by atoms with Crippen molar-refractivity contribution in [1.82, 2.24) is 0 Å². The first-order valence-electron chi connectivity index (χ1n) is 10.8. The number of ketones is 2. The van der Waals surface area contributed by atoms with Gasteiger partial charge in [-0.3, -0.25) is 9.59 Å². The summed E-state index contributed by atoms with van der Waals surface area (Å²) < 4.78 is 12.9. The Labute approximate surface area is 211 Å². The Bertz CT molecular complexity index is 1070. The van der Waals surface area contributed by atoms with Crippen molar-refractivity contribution in [2.45, 2.75) is 79.5 Å². The van der Waals surface area contributed by atoms with Gasteiger partial charge in [-0.2, -0.15) is 0 Å². The number of rotatable bonds is 2. The Hall–Kier alpha value is -1.12. The minimum atomic E-state index is -2.25. The van der Waals surface area contributed by atoms with Gasteiger partial charge in [0, 0.05) is 21.9 Å². The van der Waals surface area contributed by atoms with Gasteiger partial charge in [-0.1, -0.05) is 36.4 Å². The molecule has 1 heterocycles. The van der Waals surface area contributed by atoms with Gasteiger partial charge in [-0.05, 0) is 44.7 Å². The zero-order valence-electron chi connectivity index (χ0n) is 18.9. The molecule has 2 aliphatic carbocycles. The number of carbonyl (C=O) groups excluding carboxylic acids is 2. The van der Waals surface area contributed by atoms with E-state index < -0.39 is 50.5 Å². The van der Waals surface area contributed by atoms with Crippen LogP contribution in [0.2, 0.25) is 0 Å². The molecule has 1 saturated heterocycles. The first-order valence-corrected chi connectivity index (χ1v) is 12.5. The lowest BCUT2D eigenvalue weighted by Crippen LogP contribution is -2.74. The van der Waals surface area contributed by atoms with Crippen LogP contribution in [0.25, 0.3) is 0 Å². The summed E-state index contributed by atoms with van der Waals surface area (Å²) >= 11 is 17.3. The molecule has 4 rings (SSSR count). The minimum Gasteiger partial charge on any atom is -0.508 e. The summed E-state index contributed by atoms with van der Waals surface area (Å²) in [6.45, 7) is 11.5. The zero-order valence-corrected chi connectivity index (χ0v) is 22.0. The number of phenolic OH excluding ortho intramolecular Hbond substituents is 2. The number of ether oxygens (including phenoxy) is 2. The van der Waals surface area contributed by atoms with Crippen molar-refractivity contribution < 1.29 is 29.3 Å². The van der Waals surface area contributed by atoms with E-state index in [1.54, 1.807) is 13.8 Å². The summed E-state index contributed by atoms with van der Waals surface area (Å²) in [6, 6.07) is 2.11. The first kappa shape index (κ1) is 25.0. The number of hydrogen-bond donors (Lipinski definition) is 2. The zero-order chi connectivity index (χ0) is 24.7. The van der Waals surface area contributed by atoms with Crippen LogP contribution >= 0.6 is 39.1 Å². The van der Waals surface area contributed by atoms with Crippen LogP contribution in [-0.4, -0.2) is 54.4 Å². The maximum Gasteiger partial charge on any atom is 0.262 e. The molecule has 33 heavy (non-hydrogen) atoms. The molecular formula is C24H27BrCl2O6. The highest BCUT2D eigenvalue weighted by Crippen LogP contribution is 2.58. The van der Waals surface area contributed by atoms with E-state index in [2.05, 4.69) is 22.5 Å². The highest BCUT2D eigenvalue weighted by molar-refractivity contribution is 9.09. The Morgan fingerprint density at radius 2 is 1.82 bits per heavy atom. The summed E-state index contributed by atoms with van der Waals surface area (Å²) in [5.41, 5.74) is -1.34. The molecule has 0 spiro atoms. The third kappa shape index (κ3) is 3.41. The average Bonchev–Trinajstić information content (AvgIpc) is 2.69. The second kappa shape index (κ2) is 7.69. The number of hydrogen-bond acceptors (Lipinski definition) is 6. The molecule has 0 bridgehead atoms. The van der Waals surface area contributed by atoms with Gasteiger partial charge in [0.05, 0.1) is 22.6 Å². The molecule has 1 aromatic rings. The molecule has 0 radical (unpaired) electrons. The molecule has 1 aliphatic heterocycles. The molecule has 3 aliphatic rings. The van der Waals surface area contributed by atoms with Gasteiger partial charge in [0.15, 0.2) is 10.7 Å². The fraction of sp³-hybridized carbons (Fsp3) is 0.583. The van der Waals surface area contributed by atoms with E-state index >= 15 is 0 Å². The van der Waals surface area contributed by atoms with Crippen molar-refractivity contribution in [2.75, 3.05) is 0 Å². The van der Waals surface area contributed by atoms with Crippen LogP contribution in [-0.2, 0) is 9.47 Å². The molecule has 2 fully saturated rings. The SMILES string of the molecule is C=C1CC[C@H](Br)C(C)(C)[C@@H]1O[C@@]12OC(C)(C)[C@H](Cl)C[C@]1(Cl)C(=O)c1c(O)cc(O)cc1C2=O. The second-order valence-electron chi connectivity index (χ2n) is 10.3. The molecule has 5 atom stereocenters. The van der Waals surface area contributed by atoms with Crippen molar-refractivity contribution in [3.8, 4) is 11.5 Å². The number of carbonyl (C=O) groups is 2. The van der Waals surface area contributed by atoms with Crippen molar-refractivity contribution in [2.24, 2.45) is 5.41 Å². The number of fused-ring (bicyclic) bond motifs is 2. The van der Waals surface area contributed by atoms with Crippen LogP contribution in [0.5, 0.6) is 11.5 Å². The molecule has 0 unspecified atom stereocenters. The van der Waals surface area contributed by atoms with E-state index in [1.165, 1.54) is 0 Å². The number of halogens is 3. The number of benzene rings is 1. The molecule has 9 heteroatoms. The Balaban J connectivity index is 1.97. The van der Waals surface area contributed by atoms with Gasteiger partial charge in [0.2, 0.25) is 5.78 Å². The van der Waals surface area contributed by atoms with Crippen LogP contribution in [0.4, 0.5) is 0 Å². The van der Waals surface area contributed by atoms with Gasteiger partial charge in [-0.15, -0.1) is 23.2 Å². The lowest BCUT2D eigenvalue weighted by atomic mass is 9.68. The van der Waals surface area contributed by atoms with Gasteiger partial charge >= 0.3 is 0 Å². The van der Waals surface area contributed by atoms with E-state index in [9.17, 15) is 19.8 Å². The van der Waals surface area contributed by atoms with Gasteiger partial charge in [0.1, 0.15) is 11.5 Å². The normalized spacial score (nSPS) is 37.4. The van der Waals surface area contributed by atoms with Crippen LogP contribution in [0.1, 0.15) is 67.7 Å². The van der Waals surface area contributed by atoms with Crippen LogP contribution in [0, 0.1) is 5.41 Å². The lowest BCUT2D eigenvalue weighted by molar-refractivity contribution is -0.302. The molecule has 2 N–H and O–H groups in total. The fourth-order valence-electron chi connectivity index (χ4n) is 5.09. The van der Waals surface area contributed by atoms with Gasteiger partial charge < -0.3 is 19.7 Å². The third-order valence-electron chi connectivity index (χ3n) is 7.23. The fourth-order valence-corrected chi connectivity index (χ4v) is 6.34. The topological polar surface area (TPSA) is 93.1 Å². The second-order valence-corrected chi connectivity index (χ2v) is 12.6. The third-order valence-corrected chi connectivity index (χ3v) is 10.1. The first-order chi connectivity index (χ1) is 15.1. The maximum atomic E-state index is 14.1. The number of aromatic hydroxyl groups is 2. The quantitative estimate of drug-likeness (QED) is 0.367. The van der Waals surface area contributed by atoms with Gasteiger partial charge in [0.25, 0.3) is 5.79 Å². The predicted molar refractivity (Wildman–Crippen MR) is 129 cm³/mol. The smallest absolute Gasteiger partial charge is 0.262 e. The maximum absolute atomic E-state index is 14.1. The largest absolute Gasteiger partial charge is 0.508 e. The van der Waals surface area contributed by atoms with Crippen LogP contribution in [0.15, 0.2) is 24.3 Å². The van der Waals surface area contributed by atoms with Crippen molar-refractivity contribution in [3.05, 3.63) is 35.4 Å². The van der Waals surface area contributed by atoms with Crippen molar-refractivity contribution in [3.63, 3.8) is 0 Å². The number of Topliss-reactive ketones (excluding diaryl/α,β-unsaturated/α-hetero) is 2. The summed E-state index contributed by atoms with van der Waals surface area (Å²) in [7, 11) is 0. The molecule has 0 amide bonds. The monoisotopic (exact) mass is 560 g/mol.